The Morgan fingerprint density at radius 1 is 1.44 bits per heavy atom. The summed E-state index contributed by atoms with van der Waals surface area (Å²) in [7, 11) is 1.69. The number of primary amides is 1. The number of carbonyl (C=O) groups is 1. The molecule has 1 aromatic heterocycles. The van der Waals surface area contributed by atoms with E-state index in [2.05, 4.69) is 33.0 Å². The average Bonchev–Trinajstić information content (AvgIpc) is 2.57. The monoisotopic (exact) mass is 345 g/mol. The van der Waals surface area contributed by atoms with Gasteiger partial charge in [-0.15, -0.1) is 0 Å². The van der Waals surface area contributed by atoms with E-state index in [0.717, 1.165) is 30.8 Å². The standard InChI is InChI=1S/C20H31N3O2/c1-13-7-6-8-15(14(13)2)18-16(19(21)24)9-10-17(23-18)20(3,4)22-11-12-25-5/h9-10,13,22H,6-8,11-12H2,1-5H3,(H2,21,24). The number of nitrogens with zero attached hydrogens (tertiary/aromatic N) is 1. The van der Waals surface area contributed by atoms with E-state index in [1.54, 1.807) is 7.11 Å². The molecule has 0 aromatic carbocycles. The number of ether oxygens (including phenoxy) is 1. The Balaban J connectivity index is 2.47. The second-order valence-corrected chi connectivity index (χ2v) is 7.46. The number of nitrogens with one attached hydrogen (secondary N) is 1. The fourth-order valence-corrected chi connectivity index (χ4v) is 3.39. The number of aromatic nitrogens is 1. The maximum absolute atomic E-state index is 12.0. The van der Waals surface area contributed by atoms with Gasteiger partial charge in [0.2, 0.25) is 0 Å². The smallest absolute Gasteiger partial charge is 0.250 e. The number of rotatable bonds is 7. The van der Waals surface area contributed by atoms with E-state index in [-0.39, 0.29) is 5.54 Å². The van der Waals surface area contributed by atoms with Gasteiger partial charge in [0.25, 0.3) is 5.91 Å². The molecule has 1 aliphatic rings. The van der Waals surface area contributed by atoms with Crippen molar-refractivity contribution in [2.45, 2.75) is 52.5 Å². The fraction of sp³-hybridized carbons (Fsp3) is 0.600. The van der Waals surface area contributed by atoms with E-state index >= 15 is 0 Å². The minimum absolute atomic E-state index is 0.321. The molecular weight excluding hydrogens is 314 g/mol. The zero-order valence-electron chi connectivity index (χ0n) is 16.1. The summed E-state index contributed by atoms with van der Waals surface area (Å²) >= 11 is 0. The van der Waals surface area contributed by atoms with Crippen LogP contribution in [0.1, 0.15) is 68.7 Å². The second-order valence-electron chi connectivity index (χ2n) is 7.46. The van der Waals surface area contributed by atoms with Gasteiger partial charge in [-0.25, -0.2) is 0 Å². The zero-order valence-corrected chi connectivity index (χ0v) is 16.1. The highest BCUT2D eigenvalue weighted by molar-refractivity contribution is 5.97. The van der Waals surface area contributed by atoms with Crippen molar-refractivity contribution in [3.8, 4) is 0 Å². The summed E-state index contributed by atoms with van der Waals surface area (Å²) in [5, 5.41) is 3.46. The van der Waals surface area contributed by atoms with Gasteiger partial charge in [0, 0.05) is 13.7 Å². The molecule has 0 aliphatic heterocycles. The average molecular weight is 345 g/mol. The van der Waals surface area contributed by atoms with E-state index in [0.29, 0.717) is 18.1 Å². The predicted octanol–water partition coefficient (Wildman–Crippen LogP) is 3.25. The summed E-state index contributed by atoms with van der Waals surface area (Å²) in [6.45, 7) is 9.93. The van der Waals surface area contributed by atoms with E-state index < -0.39 is 5.91 Å². The van der Waals surface area contributed by atoms with Crippen LogP contribution in [0.25, 0.3) is 5.57 Å². The van der Waals surface area contributed by atoms with Crippen LogP contribution in [0.5, 0.6) is 0 Å². The first-order valence-electron chi connectivity index (χ1n) is 9.03. The topological polar surface area (TPSA) is 77.2 Å². The second kappa shape index (κ2) is 8.11. The molecule has 25 heavy (non-hydrogen) atoms. The van der Waals surface area contributed by atoms with Gasteiger partial charge in [-0.2, -0.15) is 0 Å². The molecule has 0 bridgehead atoms. The lowest BCUT2D eigenvalue weighted by Gasteiger charge is -2.29. The molecule has 1 atom stereocenters. The predicted molar refractivity (Wildman–Crippen MR) is 101 cm³/mol. The highest BCUT2D eigenvalue weighted by Crippen LogP contribution is 2.36. The summed E-state index contributed by atoms with van der Waals surface area (Å²) in [6, 6.07) is 3.71. The molecule has 1 aliphatic carbocycles. The molecule has 0 saturated carbocycles. The highest BCUT2D eigenvalue weighted by Gasteiger charge is 2.26. The van der Waals surface area contributed by atoms with Crippen LogP contribution in [0, 0.1) is 5.92 Å². The van der Waals surface area contributed by atoms with Gasteiger partial charge in [0.15, 0.2) is 0 Å². The van der Waals surface area contributed by atoms with Crippen LogP contribution < -0.4 is 11.1 Å². The number of hydrogen-bond donors (Lipinski definition) is 2. The Kier molecular flexibility index (Phi) is 6.36. The first-order chi connectivity index (χ1) is 11.8. The number of methoxy groups -OCH3 is 1. The van der Waals surface area contributed by atoms with Crippen molar-refractivity contribution in [3.05, 3.63) is 34.7 Å². The van der Waals surface area contributed by atoms with E-state index in [1.807, 2.05) is 12.1 Å². The number of pyridine rings is 1. The van der Waals surface area contributed by atoms with Crippen LogP contribution in [0.4, 0.5) is 0 Å². The van der Waals surface area contributed by atoms with E-state index in [9.17, 15) is 4.79 Å². The van der Waals surface area contributed by atoms with Crippen LogP contribution in [0.15, 0.2) is 17.7 Å². The third-order valence-corrected chi connectivity index (χ3v) is 5.24. The minimum atomic E-state index is -0.419. The Bertz CT molecular complexity index is 665. The minimum Gasteiger partial charge on any atom is -0.383 e. The lowest BCUT2D eigenvalue weighted by atomic mass is 9.82. The van der Waals surface area contributed by atoms with Crippen molar-refractivity contribution in [1.82, 2.24) is 10.3 Å². The summed E-state index contributed by atoms with van der Waals surface area (Å²) in [6.07, 6.45) is 3.25. The third-order valence-electron chi connectivity index (χ3n) is 5.24. The van der Waals surface area contributed by atoms with E-state index in [1.165, 1.54) is 17.6 Å². The Morgan fingerprint density at radius 3 is 2.80 bits per heavy atom. The van der Waals surface area contributed by atoms with Gasteiger partial charge < -0.3 is 15.8 Å². The molecule has 1 heterocycles. The van der Waals surface area contributed by atoms with Crippen LogP contribution in [-0.4, -0.2) is 31.2 Å². The van der Waals surface area contributed by atoms with Crippen LogP contribution >= 0.6 is 0 Å². The molecule has 1 unspecified atom stereocenters. The lowest BCUT2D eigenvalue weighted by Crippen LogP contribution is -2.39. The number of carbonyl (C=O) groups excluding carboxylic acids is 1. The number of hydrogen-bond acceptors (Lipinski definition) is 4. The number of allylic oxidation sites excluding steroid dienone is 2. The molecule has 1 aromatic rings. The maximum atomic E-state index is 12.0. The van der Waals surface area contributed by atoms with Crippen LogP contribution in [0.3, 0.4) is 0 Å². The molecule has 0 spiro atoms. The van der Waals surface area contributed by atoms with Crippen molar-refractivity contribution < 1.29 is 9.53 Å². The summed E-state index contributed by atoms with van der Waals surface area (Å²) in [5.41, 5.74) is 9.99. The van der Waals surface area contributed by atoms with Gasteiger partial charge in [-0.05, 0) is 63.7 Å². The summed E-state index contributed by atoms with van der Waals surface area (Å²) < 4.78 is 5.12. The van der Waals surface area contributed by atoms with Crippen molar-refractivity contribution in [3.63, 3.8) is 0 Å². The molecule has 5 nitrogen and oxygen atoms in total. The number of amides is 1. The first kappa shape index (κ1) is 19.6. The summed E-state index contributed by atoms with van der Waals surface area (Å²) in [4.78, 5) is 16.8. The Morgan fingerprint density at radius 2 is 2.16 bits per heavy atom. The lowest BCUT2D eigenvalue weighted by molar-refractivity contribution is 0.0999. The molecule has 2 rings (SSSR count). The summed E-state index contributed by atoms with van der Waals surface area (Å²) in [5.74, 6) is 0.0977. The molecule has 0 radical (unpaired) electrons. The third kappa shape index (κ3) is 4.47. The SMILES string of the molecule is COCCNC(C)(C)c1ccc(C(N)=O)c(C2=C(C)C(C)CCC2)n1. The Hall–Kier alpha value is -1.72. The molecule has 5 heteroatoms. The maximum Gasteiger partial charge on any atom is 0.250 e. The van der Waals surface area contributed by atoms with Gasteiger partial charge in [-0.1, -0.05) is 12.5 Å². The van der Waals surface area contributed by atoms with Crippen molar-refractivity contribution >= 4 is 11.5 Å². The van der Waals surface area contributed by atoms with Crippen LogP contribution in [0.2, 0.25) is 0 Å². The normalized spacial score (nSPS) is 18.5. The zero-order chi connectivity index (χ0) is 18.6. The quantitative estimate of drug-likeness (QED) is 0.744. The van der Waals surface area contributed by atoms with Crippen LogP contribution in [-0.2, 0) is 10.3 Å². The Labute approximate surface area is 151 Å². The van der Waals surface area contributed by atoms with Gasteiger partial charge >= 0.3 is 0 Å². The number of nitrogens with two attached hydrogens (primary N) is 1. The highest BCUT2D eigenvalue weighted by atomic mass is 16.5. The molecule has 138 valence electrons. The molecular formula is C20H31N3O2. The molecule has 0 saturated heterocycles. The molecule has 0 fully saturated rings. The molecule has 1 amide bonds. The van der Waals surface area contributed by atoms with Crippen molar-refractivity contribution in [1.29, 1.82) is 0 Å². The first-order valence-corrected chi connectivity index (χ1v) is 9.03. The van der Waals surface area contributed by atoms with Crippen molar-refractivity contribution in [2.75, 3.05) is 20.3 Å². The van der Waals surface area contributed by atoms with Gasteiger partial charge in [0.05, 0.1) is 29.1 Å². The fourth-order valence-electron chi connectivity index (χ4n) is 3.39. The molecule has 3 N–H and O–H groups in total. The van der Waals surface area contributed by atoms with Crippen molar-refractivity contribution in [2.24, 2.45) is 11.7 Å². The van der Waals surface area contributed by atoms with Gasteiger partial charge in [0.1, 0.15) is 0 Å². The van der Waals surface area contributed by atoms with Gasteiger partial charge in [-0.3, -0.25) is 9.78 Å². The largest absolute Gasteiger partial charge is 0.383 e. The van der Waals surface area contributed by atoms with E-state index in [4.69, 9.17) is 15.5 Å².